The number of allylic oxidation sites excluding steroid dienone is 1. The number of nitrogens with two attached hydrogens (primary N) is 1. The normalized spacial score (nSPS) is 14.2. The number of carbonyl (C=O) groups excluding carboxylic acids is 1. The molecule has 1 aliphatic rings. The number of hydrogen-bond acceptors (Lipinski definition) is 6. The molecule has 1 unspecified atom stereocenters. The first kappa shape index (κ1) is 26.6. The Morgan fingerprint density at radius 1 is 0.925 bits per heavy atom. The summed E-state index contributed by atoms with van der Waals surface area (Å²) in [6.45, 7) is 2.73. The van der Waals surface area contributed by atoms with Crippen LogP contribution in [0.1, 0.15) is 53.9 Å². The maximum atomic E-state index is 13.5. The van der Waals surface area contributed by atoms with E-state index in [-0.39, 0.29) is 5.88 Å². The number of carbonyl (C=O) groups is 1. The highest BCUT2D eigenvalue weighted by Crippen LogP contribution is 2.44. The van der Waals surface area contributed by atoms with Gasteiger partial charge in [-0.05, 0) is 41.3 Å². The number of rotatable bonds is 9. The van der Waals surface area contributed by atoms with Crippen molar-refractivity contribution in [1.29, 1.82) is 5.26 Å². The standard InChI is InChI=1S/C34H30N2O4/c1-2-3-19-38-26-16-10-15-25(20-26)32-28-18-17-27(21-30(28)40-33(36)29(32)22-35)39-34(37)31(23-11-6-4-7-12-23)24-13-8-5-9-14-24/h4-18,20-21,31-32H,2-3,19,36H2,1H3. The van der Waals surface area contributed by atoms with E-state index < -0.39 is 17.8 Å². The van der Waals surface area contributed by atoms with Crippen LogP contribution in [0.4, 0.5) is 0 Å². The second-order valence-electron chi connectivity index (χ2n) is 9.57. The fourth-order valence-electron chi connectivity index (χ4n) is 4.89. The molecule has 0 fully saturated rings. The minimum atomic E-state index is -0.599. The molecule has 0 amide bonds. The second-order valence-corrected chi connectivity index (χ2v) is 9.57. The Kier molecular flexibility index (Phi) is 8.13. The van der Waals surface area contributed by atoms with Gasteiger partial charge >= 0.3 is 5.97 Å². The third kappa shape index (κ3) is 5.69. The van der Waals surface area contributed by atoms with Crippen molar-refractivity contribution in [2.75, 3.05) is 6.61 Å². The van der Waals surface area contributed by atoms with E-state index in [1.54, 1.807) is 12.1 Å². The van der Waals surface area contributed by atoms with E-state index >= 15 is 0 Å². The number of hydrogen-bond donors (Lipinski definition) is 1. The maximum absolute atomic E-state index is 13.5. The summed E-state index contributed by atoms with van der Waals surface area (Å²) in [6.07, 6.45) is 1.99. The van der Waals surface area contributed by atoms with Crippen LogP contribution in [0.15, 0.2) is 115 Å². The van der Waals surface area contributed by atoms with Gasteiger partial charge in [0.25, 0.3) is 0 Å². The van der Waals surface area contributed by atoms with Crippen LogP contribution in [0.25, 0.3) is 0 Å². The molecule has 0 saturated carbocycles. The molecule has 6 nitrogen and oxygen atoms in total. The first-order valence-corrected chi connectivity index (χ1v) is 13.3. The summed E-state index contributed by atoms with van der Waals surface area (Å²) in [5.41, 5.74) is 9.80. The number of fused-ring (bicyclic) bond motifs is 1. The zero-order valence-electron chi connectivity index (χ0n) is 22.2. The van der Waals surface area contributed by atoms with Gasteiger partial charge in [0.15, 0.2) is 0 Å². The van der Waals surface area contributed by atoms with Gasteiger partial charge in [0.05, 0.1) is 12.5 Å². The largest absolute Gasteiger partial charge is 0.494 e. The van der Waals surface area contributed by atoms with Gasteiger partial charge in [-0.25, -0.2) is 0 Å². The highest BCUT2D eigenvalue weighted by molar-refractivity contribution is 5.84. The van der Waals surface area contributed by atoms with Crippen LogP contribution in [0, 0.1) is 11.3 Å². The van der Waals surface area contributed by atoms with Crippen molar-refractivity contribution in [3.63, 3.8) is 0 Å². The molecule has 4 aromatic carbocycles. The van der Waals surface area contributed by atoms with E-state index in [4.69, 9.17) is 19.9 Å². The average Bonchev–Trinajstić information content (AvgIpc) is 2.98. The third-order valence-corrected chi connectivity index (χ3v) is 6.87. The zero-order valence-corrected chi connectivity index (χ0v) is 22.2. The minimum Gasteiger partial charge on any atom is -0.494 e. The lowest BCUT2D eigenvalue weighted by Gasteiger charge is -2.27. The van der Waals surface area contributed by atoms with Crippen molar-refractivity contribution in [3.05, 3.63) is 137 Å². The summed E-state index contributed by atoms with van der Waals surface area (Å²) >= 11 is 0. The molecule has 0 aromatic heterocycles. The van der Waals surface area contributed by atoms with Crippen molar-refractivity contribution >= 4 is 5.97 Å². The lowest BCUT2D eigenvalue weighted by atomic mass is 9.83. The molecule has 1 aliphatic heterocycles. The molecule has 0 bridgehead atoms. The van der Waals surface area contributed by atoms with Crippen LogP contribution in [0.5, 0.6) is 17.2 Å². The fraction of sp³-hybridized carbons (Fsp3) is 0.176. The summed E-state index contributed by atoms with van der Waals surface area (Å²) in [7, 11) is 0. The van der Waals surface area contributed by atoms with Gasteiger partial charge in [-0.15, -0.1) is 0 Å². The molecule has 40 heavy (non-hydrogen) atoms. The molecule has 6 heteroatoms. The Morgan fingerprint density at radius 2 is 1.62 bits per heavy atom. The molecule has 1 atom stereocenters. The molecule has 1 heterocycles. The van der Waals surface area contributed by atoms with Gasteiger partial charge in [-0.3, -0.25) is 4.79 Å². The van der Waals surface area contributed by atoms with Crippen LogP contribution in [0.3, 0.4) is 0 Å². The van der Waals surface area contributed by atoms with Gasteiger partial charge in [0, 0.05) is 11.6 Å². The molecule has 0 saturated heterocycles. The summed E-state index contributed by atoms with van der Waals surface area (Å²) < 4.78 is 17.7. The van der Waals surface area contributed by atoms with Gasteiger partial charge in [0.2, 0.25) is 5.88 Å². The van der Waals surface area contributed by atoms with E-state index in [1.165, 1.54) is 0 Å². The molecule has 4 aromatic rings. The summed E-state index contributed by atoms with van der Waals surface area (Å²) in [4.78, 5) is 13.5. The van der Waals surface area contributed by atoms with Gasteiger partial charge < -0.3 is 19.9 Å². The molecular formula is C34H30N2O4. The lowest BCUT2D eigenvalue weighted by Crippen LogP contribution is -2.22. The van der Waals surface area contributed by atoms with Gasteiger partial charge in [-0.1, -0.05) is 92.2 Å². The number of nitrogens with zero attached hydrogens (tertiary/aromatic N) is 1. The van der Waals surface area contributed by atoms with Crippen molar-refractivity contribution < 1.29 is 19.0 Å². The van der Waals surface area contributed by atoms with Crippen molar-refractivity contribution in [1.82, 2.24) is 0 Å². The van der Waals surface area contributed by atoms with E-state index in [0.29, 0.717) is 23.7 Å². The van der Waals surface area contributed by atoms with Crippen LogP contribution in [0.2, 0.25) is 0 Å². The predicted molar refractivity (Wildman–Crippen MR) is 153 cm³/mol. The first-order chi connectivity index (χ1) is 19.6. The van der Waals surface area contributed by atoms with Crippen molar-refractivity contribution in [2.45, 2.75) is 31.6 Å². The highest BCUT2D eigenvalue weighted by Gasteiger charge is 2.32. The highest BCUT2D eigenvalue weighted by atomic mass is 16.5. The Morgan fingerprint density at radius 3 is 2.27 bits per heavy atom. The first-order valence-electron chi connectivity index (χ1n) is 13.3. The Labute approximate surface area is 234 Å². The number of esters is 1. The Balaban J connectivity index is 1.45. The Bertz CT molecular complexity index is 1520. The van der Waals surface area contributed by atoms with Crippen LogP contribution in [-0.4, -0.2) is 12.6 Å². The molecule has 0 spiro atoms. The van der Waals surface area contributed by atoms with E-state index in [1.807, 2.05) is 91.0 Å². The monoisotopic (exact) mass is 530 g/mol. The third-order valence-electron chi connectivity index (χ3n) is 6.87. The number of benzene rings is 4. The average molecular weight is 531 g/mol. The number of unbranched alkanes of at least 4 members (excludes halogenated alkanes) is 1. The van der Waals surface area contributed by atoms with Crippen LogP contribution < -0.4 is 19.9 Å². The summed E-state index contributed by atoms with van der Waals surface area (Å²) in [6, 6.07) is 34.1. The Hall–Kier alpha value is -5.02. The van der Waals surface area contributed by atoms with Crippen LogP contribution >= 0.6 is 0 Å². The molecule has 200 valence electrons. The quantitative estimate of drug-likeness (QED) is 0.145. The second kappa shape index (κ2) is 12.2. The van der Waals surface area contributed by atoms with E-state index in [9.17, 15) is 10.1 Å². The summed E-state index contributed by atoms with van der Waals surface area (Å²) in [5, 5.41) is 9.94. The zero-order chi connectivity index (χ0) is 27.9. The molecular weight excluding hydrogens is 500 g/mol. The smallest absolute Gasteiger partial charge is 0.323 e. The number of ether oxygens (including phenoxy) is 3. The molecule has 0 radical (unpaired) electrons. The molecule has 5 rings (SSSR count). The van der Waals surface area contributed by atoms with E-state index in [0.717, 1.165) is 40.8 Å². The van der Waals surface area contributed by atoms with Crippen LogP contribution in [-0.2, 0) is 4.79 Å². The summed E-state index contributed by atoms with van der Waals surface area (Å²) in [5.74, 6) is 0.0416. The number of nitriles is 1. The van der Waals surface area contributed by atoms with Crippen molar-refractivity contribution in [2.24, 2.45) is 5.73 Å². The minimum absolute atomic E-state index is 0.0206. The maximum Gasteiger partial charge on any atom is 0.323 e. The van der Waals surface area contributed by atoms with Gasteiger partial charge in [0.1, 0.15) is 34.8 Å². The molecule has 2 N–H and O–H groups in total. The predicted octanol–water partition coefficient (Wildman–Crippen LogP) is 6.82. The lowest BCUT2D eigenvalue weighted by molar-refractivity contribution is -0.135. The fourth-order valence-corrected chi connectivity index (χ4v) is 4.89. The van der Waals surface area contributed by atoms with Gasteiger partial charge in [-0.2, -0.15) is 5.26 Å². The molecule has 0 aliphatic carbocycles. The van der Waals surface area contributed by atoms with Crippen molar-refractivity contribution in [3.8, 4) is 23.3 Å². The van der Waals surface area contributed by atoms with E-state index in [2.05, 4.69) is 13.0 Å². The topological polar surface area (TPSA) is 94.6 Å². The SMILES string of the molecule is CCCCOc1cccc(C2C(C#N)=C(N)Oc3cc(OC(=O)C(c4ccccc4)c4ccccc4)ccc32)c1.